The molecule has 4 aromatic carbocycles. The molecule has 39 heavy (non-hydrogen) atoms. The van der Waals surface area contributed by atoms with Crippen LogP contribution < -0.4 is 10.5 Å². The molecule has 1 unspecified atom stereocenters. The lowest BCUT2D eigenvalue weighted by Gasteiger charge is -2.24. The van der Waals surface area contributed by atoms with Crippen LogP contribution in [-0.2, 0) is 14.3 Å². The van der Waals surface area contributed by atoms with Crippen molar-refractivity contribution in [2.24, 2.45) is 5.73 Å². The van der Waals surface area contributed by atoms with E-state index in [9.17, 15) is 18.8 Å². The molecule has 0 radical (unpaired) electrons. The summed E-state index contributed by atoms with van der Waals surface area (Å²) in [6.45, 7) is 1.33. The summed E-state index contributed by atoms with van der Waals surface area (Å²) >= 11 is 0. The number of hydrogen-bond donors (Lipinski definition) is 1. The number of amides is 1. The van der Waals surface area contributed by atoms with Gasteiger partial charge in [0.1, 0.15) is 11.6 Å². The van der Waals surface area contributed by atoms with Gasteiger partial charge in [0.15, 0.2) is 6.61 Å². The van der Waals surface area contributed by atoms with Gasteiger partial charge in [0.2, 0.25) is 0 Å². The Kier molecular flexibility index (Phi) is 6.85. The maximum Gasteiger partial charge on any atom is 0.343 e. The molecule has 1 aromatic heterocycles. The van der Waals surface area contributed by atoms with Crippen LogP contribution in [0.15, 0.2) is 84.9 Å². The van der Waals surface area contributed by atoms with Crippen molar-refractivity contribution >= 4 is 39.3 Å². The van der Waals surface area contributed by atoms with E-state index in [1.165, 1.54) is 19.2 Å². The standard InChI is InChI=1S/C31H25FN2O5/c1-18-26(30(36)31(33)37)27-24(39-17-25(35)38-2)16-21-10-6-7-11-23(21)29(27)34(18)28(19-8-4-3-5-9-19)20-12-14-22(32)15-13-20/h3-16,28H,17H2,1-2H3,(H2,33,37). The molecule has 1 amide bonds. The van der Waals surface area contributed by atoms with Crippen LogP contribution in [0.4, 0.5) is 4.39 Å². The van der Waals surface area contributed by atoms with Crippen LogP contribution >= 0.6 is 0 Å². The Balaban J connectivity index is 1.95. The van der Waals surface area contributed by atoms with E-state index in [2.05, 4.69) is 0 Å². The molecule has 0 aliphatic rings. The first-order valence-corrected chi connectivity index (χ1v) is 12.2. The minimum Gasteiger partial charge on any atom is -0.481 e. The lowest BCUT2D eigenvalue weighted by molar-refractivity contribution is -0.142. The number of halogens is 1. The maximum atomic E-state index is 14.0. The molecule has 0 bridgehead atoms. The molecule has 1 heterocycles. The zero-order valence-electron chi connectivity index (χ0n) is 21.3. The molecule has 196 valence electrons. The Morgan fingerprint density at radius 1 is 0.923 bits per heavy atom. The second-order valence-corrected chi connectivity index (χ2v) is 9.07. The lowest BCUT2D eigenvalue weighted by Crippen LogP contribution is -2.24. The Morgan fingerprint density at radius 3 is 2.23 bits per heavy atom. The lowest BCUT2D eigenvalue weighted by atomic mass is 9.97. The Morgan fingerprint density at radius 2 is 1.56 bits per heavy atom. The average molecular weight is 525 g/mol. The number of carbonyl (C=O) groups excluding carboxylic acids is 3. The van der Waals surface area contributed by atoms with E-state index in [4.69, 9.17) is 15.2 Å². The number of fused-ring (bicyclic) bond motifs is 3. The molecule has 7 nitrogen and oxygen atoms in total. The molecule has 2 N–H and O–H groups in total. The van der Waals surface area contributed by atoms with Gasteiger partial charge < -0.3 is 19.8 Å². The summed E-state index contributed by atoms with van der Waals surface area (Å²) in [4.78, 5) is 37.5. The number of Topliss-reactive ketones (excluding diaryl/α,β-unsaturated/α-hetero) is 1. The largest absolute Gasteiger partial charge is 0.481 e. The van der Waals surface area contributed by atoms with Crippen molar-refractivity contribution in [3.8, 4) is 5.75 Å². The predicted molar refractivity (Wildman–Crippen MR) is 145 cm³/mol. The first kappa shape index (κ1) is 25.7. The van der Waals surface area contributed by atoms with E-state index >= 15 is 0 Å². The highest BCUT2D eigenvalue weighted by Crippen LogP contribution is 2.43. The highest BCUT2D eigenvalue weighted by Gasteiger charge is 2.31. The number of esters is 1. The summed E-state index contributed by atoms with van der Waals surface area (Å²) < 4.78 is 26.5. The number of nitrogens with zero attached hydrogens (tertiary/aromatic N) is 1. The van der Waals surface area contributed by atoms with Crippen LogP contribution in [0.3, 0.4) is 0 Å². The smallest absolute Gasteiger partial charge is 0.343 e. The van der Waals surface area contributed by atoms with Crippen LogP contribution in [-0.4, -0.2) is 35.9 Å². The topological polar surface area (TPSA) is 101 Å². The van der Waals surface area contributed by atoms with Crippen LogP contribution in [0, 0.1) is 12.7 Å². The minimum atomic E-state index is -1.12. The summed E-state index contributed by atoms with van der Waals surface area (Å²) in [7, 11) is 1.25. The number of hydrogen-bond acceptors (Lipinski definition) is 5. The van der Waals surface area contributed by atoms with Crippen molar-refractivity contribution in [2.45, 2.75) is 13.0 Å². The van der Waals surface area contributed by atoms with Gasteiger partial charge in [-0.2, -0.15) is 0 Å². The molecule has 0 aliphatic carbocycles. The second kappa shape index (κ2) is 10.4. The van der Waals surface area contributed by atoms with Gasteiger partial charge in [-0.3, -0.25) is 9.59 Å². The zero-order chi connectivity index (χ0) is 27.7. The van der Waals surface area contributed by atoms with Gasteiger partial charge in [0.05, 0.1) is 29.6 Å². The normalized spacial score (nSPS) is 11.9. The molecule has 5 aromatic rings. The number of carbonyl (C=O) groups is 3. The summed E-state index contributed by atoms with van der Waals surface area (Å²) in [6, 6.07) is 24.4. The highest BCUT2D eigenvalue weighted by atomic mass is 19.1. The van der Waals surface area contributed by atoms with E-state index in [1.54, 1.807) is 25.1 Å². The van der Waals surface area contributed by atoms with Gasteiger partial charge in [-0.25, -0.2) is 9.18 Å². The number of rotatable bonds is 8. The van der Waals surface area contributed by atoms with Crippen molar-refractivity contribution in [3.63, 3.8) is 0 Å². The molecular weight excluding hydrogens is 499 g/mol. The monoisotopic (exact) mass is 524 g/mol. The SMILES string of the molecule is COC(=O)COc1cc2ccccc2c2c1c(C(=O)C(N)=O)c(C)n2C(c1ccccc1)c1ccc(F)cc1. The first-order valence-electron chi connectivity index (χ1n) is 12.2. The summed E-state index contributed by atoms with van der Waals surface area (Å²) in [5.41, 5.74) is 8.27. The van der Waals surface area contributed by atoms with Crippen molar-refractivity contribution in [3.05, 3.63) is 113 Å². The third-order valence-electron chi connectivity index (χ3n) is 6.78. The van der Waals surface area contributed by atoms with Crippen LogP contribution in [0.1, 0.15) is 33.2 Å². The number of ether oxygens (including phenoxy) is 2. The predicted octanol–water partition coefficient (Wildman–Crippen LogP) is 5.10. The van der Waals surface area contributed by atoms with Gasteiger partial charge in [-0.05, 0) is 41.6 Å². The van der Waals surface area contributed by atoms with E-state index in [1.807, 2.05) is 59.2 Å². The van der Waals surface area contributed by atoms with Crippen molar-refractivity contribution in [2.75, 3.05) is 13.7 Å². The fourth-order valence-corrected chi connectivity index (χ4v) is 5.07. The molecule has 0 saturated carbocycles. The van der Waals surface area contributed by atoms with Crippen LogP contribution in [0.2, 0.25) is 0 Å². The van der Waals surface area contributed by atoms with E-state index in [0.717, 1.165) is 21.9 Å². The molecule has 0 spiro atoms. The van der Waals surface area contributed by atoms with Crippen LogP contribution in [0.25, 0.3) is 21.7 Å². The molecule has 1 atom stereocenters. The number of ketones is 1. The number of nitrogens with two attached hydrogens (primary N) is 1. The number of methoxy groups -OCH3 is 1. The number of aromatic nitrogens is 1. The second-order valence-electron chi connectivity index (χ2n) is 9.07. The molecule has 5 rings (SSSR count). The quantitative estimate of drug-likeness (QED) is 0.173. The van der Waals surface area contributed by atoms with Crippen molar-refractivity contribution in [1.29, 1.82) is 0 Å². The van der Waals surface area contributed by atoms with Gasteiger partial charge in [-0.15, -0.1) is 0 Å². The average Bonchev–Trinajstić information content (AvgIpc) is 3.25. The highest BCUT2D eigenvalue weighted by molar-refractivity contribution is 6.45. The van der Waals surface area contributed by atoms with E-state index in [0.29, 0.717) is 16.6 Å². The van der Waals surface area contributed by atoms with E-state index in [-0.39, 0.29) is 17.1 Å². The Labute approximate surface area is 223 Å². The Hall–Kier alpha value is -4.98. The minimum absolute atomic E-state index is 0.0751. The summed E-state index contributed by atoms with van der Waals surface area (Å²) in [6.07, 6.45) is 0. The molecular formula is C31H25FN2O5. The number of benzene rings is 4. The van der Waals surface area contributed by atoms with Crippen molar-refractivity contribution < 1.29 is 28.2 Å². The van der Waals surface area contributed by atoms with Gasteiger partial charge in [0, 0.05) is 11.1 Å². The summed E-state index contributed by atoms with van der Waals surface area (Å²) in [5, 5.41) is 1.92. The van der Waals surface area contributed by atoms with Gasteiger partial charge >= 0.3 is 5.97 Å². The molecule has 0 fully saturated rings. The Bertz CT molecular complexity index is 1730. The first-order chi connectivity index (χ1) is 18.8. The van der Waals surface area contributed by atoms with Crippen LogP contribution in [0.5, 0.6) is 5.75 Å². The molecule has 0 aliphatic heterocycles. The van der Waals surface area contributed by atoms with Gasteiger partial charge in [0.25, 0.3) is 11.7 Å². The fourth-order valence-electron chi connectivity index (χ4n) is 5.07. The van der Waals surface area contributed by atoms with Crippen molar-refractivity contribution in [1.82, 2.24) is 4.57 Å². The third-order valence-corrected chi connectivity index (χ3v) is 6.78. The summed E-state index contributed by atoms with van der Waals surface area (Å²) in [5.74, 6) is -2.77. The zero-order valence-corrected chi connectivity index (χ0v) is 21.3. The number of primary amides is 1. The van der Waals surface area contributed by atoms with Gasteiger partial charge in [-0.1, -0.05) is 66.7 Å². The fraction of sp³-hybridized carbons (Fsp3) is 0.129. The molecule has 8 heteroatoms. The molecule has 0 saturated heterocycles. The van der Waals surface area contributed by atoms with E-state index < -0.39 is 30.3 Å². The maximum absolute atomic E-state index is 14.0. The third kappa shape index (κ3) is 4.61.